The van der Waals surface area contributed by atoms with E-state index in [1.54, 1.807) is 0 Å². The van der Waals surface area contributed by atoms with E-state index in [4.69, 9.17) is 85.9 Å². The molecule has 4 nitrogen and oxygen atoms in total. The molecule has 0 radical (unpaired) electrons. The largest absolute Gasteiger partial charge is 0.412 e. The maximum Gasteiger partial charge on any atom is 0.341 e. The number of halogens is 7. The van der Waals surface area contributed by atoms with Crippen molar-refractivity contribution in [2.75, 3.05) is 0 Å². The maximum atomic E-state index is 5.54. The molecule has 1 aromatic heterocycles. The van der Waals surface area contributed by atoms with Crippen molar-refractivity contribution in [1.82, 2.24) is 15.0 Å². The Morgan fingerprint density at radius 3 is 1.88 bits per heavy atom. The summed E-state index contributed by atoms with van der Waals surface area (Å²) in [4.78, 5) is 10.7. The van der Waals surface area contributed by atoms with Gasteiger partial charge in [-0.3, -0.25) is 0 Å². The summed E-state index contributed by atoms with van der Waals surface area (Å²) in [6.07, 6.45) is 0. The highest BCUT2D eigenvalue weighted by molar-refractivity contribution is 6.67. The van der Waals surface area contributed by atoms with E-state index in [9.17, 15) is 0 Å². The first-order valence-electron chi connectivity index (χ1n) is 3.32. The molecule has 0 fully saturated rings. The Hall–Kier alpha value is 0.840. The van der Waals surface area contributed by atoms with Crippen molar-refractivity contribution in [3.05, 3.63) is 11.1 Å². The third-order valence-electron chi connectivity index (χ3n) is 1.05. The smallest absolute Gasteiger partial charge is 0.341 e. The second-order valence-corrected chi connectivity index (χ2v) is 7.05. The summed E-state index contributed by atoms with van der Waals surface area (Å²) in [5.74, 6) is -0.248. The fraction of sp³-hybridized carbons (Fsp3) is 0.400. The molecule has 0 aliphatic rings. The van der Waals surface area contributed by atoms with Crippen LogP contribution in [0.1, 0.15) is 5.82 Å². The van der Waals surface area contributed by atoms with Crippen LogP contribution in [0.3, 0.4) is 0 Å². The normalized spacial score (nSPS) is 12.7. The average molecular weight is 366 g/mol. The number of hydrogen-bond donors (Lipinski definition) is 0. The fourth-order valence-electron chi connectivity index (χ4n) is 0.608. The standard InChI is InChI=1S/C5Cl7N3O/c6-2-13-1(4(7,8)9)14-3(15-2)16-5(10,11)12. The minimum absolute atomic E-state index is 0.248. The Bertz CT molecular complexity index is 387. The van der Waals surface area contributed by atoms with E-state index in [1.807, 2.05) is 0 Å². The predicted molar refractivity (Wildman–Crippen MR) is 65.0 cm³/mol. The van der Waals surface area contributed by atoms with Gasteiger partial charge >= 0.3 is 9.99 Å². The Morgan fingerprint density at radius 1 is 0.875 bits per heavy atom. The molecule has 0 amide bonds. The molecule has 1 rings (SSSR count). The van der Waals surface area contributed by atoms with E-state index in [-0.39, 0.29) is 17.1 Å². The molecule has 0 aliphatic carbocycles. The Balaban J connectivity index is 3.09. The first-order valence-corrected chi connectivity index (χ1v) is 5.97. The summed E-state index contributed by atoms with van der Waals surface area (Å²) in [5, 5.41) is -0.263. The van der Waals surface area contributed by atoms with Gasteiger partial charge in [0.1, 0.15) is 0 Å². The molecule has 0 aliphatic heterocycles. The number of ether oxygens (including phenoxy) is 1. The highest BCUT2D eigenvalue weighted by Crippen LogP contribution is 2.37. The van der Waals surface area contributed by atoms with Gasteiger partial charge in [0.05, 0.1) is 0 Å². The van der Waals surface area contributed by atoms with Gasteiger partial charge in [-0.25, -0.2) is 0 Å². The van der Waals surface area contributed by atoms with E-state index in [0.29, 0.717) is 0 Å². The molecule has 0 N–H and O–H groups in total. The van der Waals surface area contributed by atoms with Crippen LogP contribution < -0.4 is 4.74 Å². The zero-order valence-electron chi connectivity index (χ0n) is 6.90. The van der Waals surface area contributed by atoms with Gasteiger partial charge in [-0.15, -0.1) is 0 Å². The zero-order chi connectivity index (χ0) is 12.6. The van der Waals surface area contributed by atoms with Crippen LogP contribution in [0.4, 0.5) is 0 Å². The lowest BCUT2D eigenvalue weighted by atomic mass is 10.7. The van der Waals surface area contributed by atoms with E-state index in [1.165, 1.54) is 0 Å². The lowest BCUT2D eigenvalue weighted by Gasteiger charge is -2.14. The van der Waals surface area contributed by atoms with E-state index in [0.717, 1.165) is 0 Å². The van der Waals surface area contributed by atoms with Gasteiger partial charge in [0.15, 0.2) is 5.82 Å². The van der Waals surface area contributed by atoms with Gasteiger partial charge in [0.2, 0.25) is 9.08 Å². The molecule has 0 unspecified atom stereocenters. The van der Waals surface area contributed by atoms with Crippen molar-refractivity contribution in [1.29, 1.82) is 0 Å². The third-order valence-corrected chi connectivity index (χ3v) is 1.96. The average Bonchev–Trinajstić information content (AvgIpc) is 1.97. The Kier molecular flexibility index (Phi) is 4.87. The van der Waals surface area contributed by atoms with Gasteiger partial charge in [-0.1, -0.05) is 34.8 Å². The number of rotatable bonds is 1. The highest BCUT2D eigenvalue weighted by Gasteiger charge is 2.30. The van der Waals surface area contributed by atoms with Crippen LogP contribution in [0.15, 0.2) is 0 Å². The SMILES string of the molecule is Clc1nc(OC(Cl)(Cl)Cl)nc(C(Cl)(Cl)Cl)n1. The van der Waals surface area contributed by atoms with Crippen molar-refractivity contribution >= 4 is 81.2 Å². The van der Waals surface area contributed by atoms with Gasteiger partial charge in [0.25, 0.3) is 0 Å². The fourth-order valence-corrected chi connectivity index (χ4v) is 1.22. The van der Waals surface area contributed by atoms with Crippen LogP contribution in [-0.2, 0) is 3.79 Å². The van der Waals surface area contributed by atoms with E-state index in [2.05, 4.69) is 15.0 Å². The number of hydrogen-bond acceptors (Lipinski definition) is 4. The molecule has 90 valence electrons. The molecule has 0 spiro atoms. The second-order valence-electron chi connectivity index (χ2n) is 2.26. The monoisotopic (exact) mass is 363 g/mol. The lowest BCUT2D eigenvalue weighted by molar-refractivity contribution is 0.291. The molecule has 0 saturated carbocycles. The van der Waals surface area contributed by atoms with Crippen LogP contribution in [0.2, 0.25) is 5.28 Å². The van der Waals surface area contributed by atoms with Crippen LogP contribution in [0.5, 0.6) is 6.01 Å². The maximum absolute atomic E-state index is 5.54. The van der Waals surface area contributed by atoms with Crippen molar-refractivity contribution in [3.8, 4) is 6.01 Å². The summed E-state index contributed by atoms with van der Waals surface area (Å²) in [5.41, 5.74) is 0. The number of aromatic nitrogens is 3. The zero-order valence-corrected chi connectivity index (χ0v) is 12.2. The molecule has 1 aromatic rings. The van der Waals surface area contributed by atoms with Gasteiger partial charge < -0.3 is 4.74 Å². The summed E-state index contributed by atoms with van der Waals surface area (Å²) in [7, 11) is 0. The quantitative estimate of drug-likeness (QED) is 0.704. The molecule has 16 heavy (non-hydrogen) atoms. The van der Waals surface area contributed by atoms with Gasteiger partial charge in [-0.05, 0) is 46.4 Å². The molecular formula is C5Cl7N3O. The second kappa shape index (κ2) is 5.22. The molecular weight excluding hydrogens is 366 g/mol. The van der Waals surface area contributed by atoms with Crippen LogP contribution in [0.25, 0.3) is 0 Å². The van der Waals surface area contributed by atoms with Crippen molar-refractivity contribution in [3.63, 3.8) is 0 Å². The summed E-state index contributed by atoms with van der Waals surface area (Å²) in [6, 6.07) is -0.374. The third kappa shape index (κ3) is 5.00. The number of nitrogens with zero attached hydrogens (tertiary/aromatic N) is 3. The first-order chi connectivity index (χ1) is 7.08. The minimum atomic E-state index is -2.06. The summed E-state index contributed by atoms with van der Waals surface area (Å²) in [6.45, 7) is 0. The van der Waals surface area contributed by atoms with E-state index >= 15 is 0 Å². The van der Waals surface area contributed by atoms with Crippen molar-refractivity contribution in [2.45, 2.75) is 7.77 Å². The van der Waals surface area contributed by atoms with Crippen LogP contribution in [-0.4, -0.2) is 18.9 Å². The summed E-state index contributed by atoms with van der Waals surface area (Å²) >= 11 is 38.2. The van der Waals surface area contributed by atoms with Crippen molar-refractivity contribution < 1.29 is 4.74 Å². The van der Waals surface area contributed by atoms with E-state index < -0.39 is 7.77 Å². The molecule has 1 heterocycles. The molecule has 0 bridgehead atoms. The van der Waals surface area contributed by atoms with Crippen LogP contribution in [0, 0.1) is 0 Å². The minimum Gasteiger partial charge on any atom is -0.412 e. The molecule has 0 saturated heterocycles. The molecule has 11 heteroatoms. The Morgan fingerprint density at radius 2 is 1.44 bits per heavy atom. The lowest BCUT2D eigenvalue weighted by Crippen LogP contribution is -2.17. The van der Waals surface area contributed by atoms with Crippen LogP contribution >= 0.6 is 81.2 Å². The topological polar surface area (TPSA) is 47.9 Å². The molecule has 0 atom stereocenters. The number of alkyl halides is 6. The van der Waals surface area contributed by atoms with Gasteiger partial charge in [-0.2, -0.15) is 15.0 Å². The predicted octanol–water partition coefficient (Wildman–Crippen LogP) is 4.06. The first kappa shape index (κ1) is 14.9. The van der Waals surface area contributed by atoms with Gasteiger partial charge in [0, 0.05) is 0 Å². The molecule has 0 aromatic carbocycles. The van der Waals surface area contributed by atoms with Crippen molar-refractivity contribution in [2.24, 2.45) is 0 Å². The summed E-state index contributed by atoms with van der Waals surface area (Å²) < 4.78 is 0.741. The highest BCUT2D eigenvalue weighted by atomic mass is 35.6. The Labute approximate surface area is 125 Å².